The molecule has 3 nitrogen and oxygen atoms in total. The molecule has 5 heteroatoms. The van der Waals surface area contributed by atoms with Crippen LogP contribution in [0.2, 0.25) is 0 Å². The minimum absolute atomic E-state index is 0.0875. The fourth-order valence-electron chi connectivity index (χ4n) is 3.19. The lowest BCUT2D eigenvalue weighted by molar-refractivity contribution is 0.0517. The van der Waals surface area contributed by atoms with Crippen molar-refractivity contribution >= 4 is 48.9 Å². The van der Waals surface area contributed by atoms with E-state index < -0.39 is 0 Å². The van der Waals surface area contributed by atoms with Gasteiger partial charge < -0.3 is 10.6 Å². The number of thiophene rings is 1. The Kier molecular flexibility index (Phi) is 3.97. The number of carbonyl (C=O) groups is 1. The maximum absolute atomic E-state index is 12.9. The van der Waals surface area contributed by atoms with Crippen LogP contribution in [0.4, 0.5) is 5.69 Å². The largest absolute Gasteiger partial charge is 0.397 e. The first kappa shape index (κ1) is 14.9. The lowest BCUT2D eigenvalue weighted by Gasteiger charge is -2.38. The Morgan fingerprint density at radius 2 is 2.00 bits per heavy atom. The number of hydrogen-bond donors (Lipinski definition) is 1. The molecular weight excluding hydrogens is 348 g/mol. The van der Waals surface area contributed by atoms with E-state index in [-0.39, 0.29) is 18.0 Å². The number of fused-ring (bicyclic) bond motifs is 1. The summed E-state index contributed by atoms with van der Waals surface area (Å²) in [7, 11) is 0. The molecule has 3 rings (SSSR count). The van der Waals surface area contributed by atoms with Gasteiger partial charge in [0, 0.05) is 26.6 Å². The second kappa shape index (κ2) is 5.61. The van der Waals surface area contributed by atoms with E-state index in [0.29, 0.717) is 10.6 Å². The Bertz CT molecular complexity index is 687. The van der Waals surface area contributed by atoms with Gasteiger partial charge in [-0.1, -0.05) is 22.0 Å². The van der Waals surface area contributed by atoms with E-state index in [9.17, 15) is 4.79 Å². The van der Waals surface area contributed by atoms with Gasteiger partial charge in [-0.15, -0.1) is 11.3 Å². The molecule has 2 atom stereocenters. The molecule has 1 amide bonds. The number of rotatable bonds is 1. The number of carbonyl (C=O) groups excluding carboxylic acids is 1. The van der Waals surface area contributed by atoms with Gasteiger partial charge >= 0.3 is 0 Å². The number of nitrogens with two attached hydrogens (primary N) is 1. The zero-order valence-electron chi connectivity index (χ0n) is 12.2. The molecule has 0 radical (unpaired) electrons. The number of piperidine rings is 1. The number of amides is 1. The van der Waals surface area contributed by atoms with Crippen molar-refractivity contribution in [3.8, 4) is 0 Å². The summed E-state index contributed by atoms with van der Waals surface area (Å²) in [6.07, 6.45) is 3.35. The van der Waals surface area contributed by atoms with Gasteiger partial charge in [0.2, 0.25) is 0 Å². The summed E-state index contributed by atoms with van der Waals surface area (Å²) in [6, 6.07) is 6.54. The zero-order chi connectivity index (χ0) is 15.1. The van der Waals surface area contributed by atoms with Gasteiger partial charge in [0.15, 0.2) is 0 Å². The highest BCUT2D eigenvalue weighted by atomic mass is 79.9. The molecule has 2 aromatic rings. The number of likely N-dealkylation sites (tertiary alicyclic amines) is 1. The summed E-state index contributed by atoms with van der Waals surface area (Å²) in [6.45, 7) is 4.27. The molecule has 1 aliphatic heterocycles. The highest BCUT2D eigenvalue weighted by Gasteiger charge is 2.31. The first-order valence-electron chi connectivity index (χ1n) is 7.29. The molecule has 112 valence electrons. The van der Waals surface area contributed by atoms with Crippen molar-refractivity contribution in [1.82, 2.24) is 4.90 Å². The highest BCUT2D eigenvalue weighted by molar-refractivity contribution is 9.10. The Hall–Kier alpha value is -1.07. The molecular formula is C16H19BrN2OS. The summed E-state index contributed by atoms with van der Waals surface area (Å²) < 4.78 is 2.07. The molecule has 2 heterocycles. The van der Waals surface area contributed by atoms with Crippen LogP contribution in [0, 0.1) is 0 Å². The second-order valence-electron chi connectivity index (χ2n) is 5.83. The zero-order valence-corrected chi connectivity index (χ0v) is 14.6. The number of hydrogen-bond acceptors (Lipinski definition) is 3. The third kappa shape index (κ3) is 2.57. The maximum atomic E-state index is 12.9. The van der Waals surface area contributed by atoms with E-state index >= 15 is 0 Å². The van der Waals surface area contributed by atoms with E-state index in [2.05, 4.69) is 29.8 Å². The van der Waals surface area contributed by atoms with Crippen molar-refractivity contribution in [3.63, 3.8) is 0 Å². The highest BCUT2D eigenvalue weighted by Crippen LogP contribution is 2.37. The molecule has 1 aliphatic rings. The van der Waals surface area contributed by atoms with Crippen LogP contribution in [0.1, 0.15) is 42.8 Å². The number of halogens is 1. The van der Waals surface area contributed by atoms with Crippen molar-refractivity contribution in [2.75, 3.05) is 5.73 Å². The molecule has 2 N–H and O–H groups in total. The van der Waals surface area contributed by atoms with E-state index in [1.807, 2.05) is 23.1 Å². The lowest BCUT2D eigenvalue weighted by Crippen LogP contribution is -2.47. The minimum Gasteiger partial charge on any atom is -0.397 e. The average molecular weight is 367 g/mol. The predicted molar refractivity (Wildman–Crippen MR) is 92.9 cm³/mol. The van der Waals surface area contributed by atoms with Crippen LogP contribution in [-0.4, -0.2) is 22.9 Å². The number of nitrogens with zero attached hydrogens (tertiary/aromatic N) is 1. The predicted octanol–water partition coefficient (Wildman–Crippen LogP) is 4.65. The van der Waals surface area contributed by atoms with E-state index in [0.717, 1.165) is 27.4 Å². The summed E-state index contributed by atoms with van der Waals surface area (Å²) in [5.74, 6) is 0.0875. The van der Waals surface area contributed by atoms with Crippen molar-refractivity contribution in [2.45, 2.75) is 45.2 Å². The van der Waals surface area contributed by atoms with E-state index in [4.69, 9.17) is 5.73 Å². The third-order valence-electron chi connectivity index (χ3n) is 4.31. The summed E-state index contributed by atoms with van der Waals surface area (Å²) in [5.41, 5.74) is 6.86. The van der Waals surface area contributed by atoms with Gasteiger partial charge in [-0.2, -0.15) is 0 Å². The first-order chi connectivity index (χ1) is 9.99. The van der Waals surface area contributed by atoms with Crippen LogP contribution in [0.5, 0.6) is 0 Å². The van der Waals surface area contributed by atoms with Crippen LogP contribution in [-0.2, 0) is 0 Å². The lowest BCUT2D eigenvalue weighted by atomic mass is 9.97. The second-order valence-corrected chi connectivity index (χ2v) is 7.79. The summed E-state index contributed by atoms with van der Waals surface area (Å²) in [4.78, 5) is 15.6. The van der Waals surface area contributed by atoms with Crippen LogP contribution >= 0.6 is 27.3 Å². The van der Waals surface area contributed by atoms with E-state index in [1.54, 1.807) is 0 Å². The van der Waals surface area contributed by atoms with Crippen LogP contribution in [0.3, 0.4) is 0 Å². The molecule has 0 unspecified atom stereocenters. The van der Waals surface area contributed by atoms with Crippen molar-refractivity contribution in [3.05, 3.63) is 27.5 Å². The normalized spacial score (nSPS) is 22.7. The van der Waals surface area contributed by atoms with Gasteiger partial charge in [-0.05, 0) is 45.2 Å². The Balaban J connectivity index is 2.03. The van der Waals surface area contributed by atoms with Gasteiger partial charge in [-0.25, -0.2) is 0 Å². The van der Waals surface area contributed by atoms with Crippen LogP contribution in [0.15, 0.2) is 22.7 Å². The minimum atomic E-state index is 0.0875. The van der Waals surface area contributed by atoms with Crippen molar-refractivity contribution in [1.29, 1.82) is 0 Å². The molecule has 0 aliphatic carbocycles. The fraction of sp³-hybridized carbons (Fsp3) is 0.438. The fourth-order valence-corrected chi connectivity index (χ4v) is 4.81. The third-order valence-corrected chi connectivity index (χ3v) is 5.96. The van der Waals surface area contributed by atoms with Gasteiger partial charge in [0.05, 0.1) is 5.69 Å². The van der Waals surface area contributed by atoms with Crippen molar-refractivity contribution in [2.24, 2.45) is 0 Å². The molecule has 1 saturated heterocycles. The quantitative estimate of drug-likeness (QED) is 0.798. The number of anilines is 1. The topological polar surface area (TPSA) is 46.3 Å². The molecule has 0 bridgehead atoms. The van der Waals surface area contributed by atoms with E-state index in [1.165, 1.54) is 17.8 Å². The van der Waals surface area contributed by atoms with Gasteiger partial charge in [0.25, 0.3) is 5.91 Å². The Labute approximate surface area is 137 Å². The van der Waals surface area contributed by atoms with Gasteiger partial charge in [-0.3, -0.25) is 4.79 Å². The average Bonchev–Trinajstić information content (AvgIpc) is 2.75. The number of benzene rings is 1. The smallest absolute Gasteiger partial charge is 0.266 e. The molecule has 1 aromatic carbocycles. The standard InChI is InChI=1S/C16H19BrN2OS/c1-9-4-3-5-10(2)19(9)16(20)15-14(18)12-7-6-11(17)8-13(12)21-15/h6-10H,3-5,18H2,1-2H3/t9-,10+. The molecule has 21 heavy (non-hydrogen) atoms. The number of nitrogen functional groups attached to an aromatic ring is 1. The Morgan fingerprint density at radius 3 is 2.67 bits per heavy atom. The van der Waals surface area contributed by atoms with Crippen LogP contribution in [0.25, 0.3) is 10.1 Å². The Morgan fingerprint density at radius 1 is 1.33 bits per heavy atom. The molecule has 0 saturated carbocycles. The first-order valence-corrected chi connectivity index (χ1v) is 8.90. The molecule has 0 spiro atoms. The monoisotopic (exact) mass is 366 g/mol. The van der Waals surface area contributed by atoms with Crippen molar-refractivity contribution < 1.29 is 4.79 Å². The SMILES string of the molecule is C[C@@H]1CCC[C@H](C)N1C(=O)c1sc2cc(Br)ccc2c1N. The molecule has 1 aromatic heterocycles. The summed E-state index contributed by atoms with van der Waals surface area (Å²) >= 11 is 4.97. The van der Waals surface area contributed by atoms with Crippen LogP contribution < -0.4 is 5.73 Å². The molecule has 1 fully saturated rings. The van der Waals surface area contributed by atoms with Gasteiger partial charge in [0.1, 0.15) is 4.88 Å². The maximum Gasteiger partial charge on any atom is 0.266 e. The summed E-state index contributed by atoms with van der Waals surface area (Å²) in [5, 5.41) is 0.976.